The van der Waals surface area contributed by atoms with Crippen LogP contribution in [0.15, 0.2) is 30.5 Å². The Bertz CT molecular complexity index is 621. The van der Waals surface area contributed by atoms with Gasteiger partial charge in [-0.05, 0) is 25.2 Å². The van der Waals surface area contributed by atoms with E-state index < -0.39 is 0 Å². The molecule has 0 spiro atoms. The van der Waals surface area contributed by atoms with Crippen molar-refractivity contribution < 1.29 is 0 Å². The summed E-state index contributed by atoms with van der Waals surface area (Å²) in [4.78, 5) is 2.29. The lowest BCUT2D eigenvalue weighted by atomic mass is 10.1. The average Bonchev–Trinajstić information content (AvgIpc) is 2.81. The molecule has 2 aromatic rings. The van der Waals surface area contributed by atoms with Gasteiger partial charge in [-0.15, -0.1) is 0 Å². The van der Waals surface area contributed by atoms with Crippen LogP contribution in [-0.2, 0) is 13.0 Å². The lowest BCUT2D eigenvalue weighted by Crippen LogP contribution is -2.27. The molecule has 0 radical (unpaired) electrons. The van der Waals surface area contributed by atoms with Gasteiger partial charge in [-0.1, -0.05) is 6.07 Å². The van der Waals surface area contributed by atoms with Crippen LogP contribution in [0.5, 0.6) is 0 Å². The quantitative estimate of drug-likeness (QED) is 0.760. The molecule has 0 saturated carbocycles. The third-order valence-electron chi connectivity index (χ3n) is 3.35. The van der Waals surface area contributed by atoms with Crippen molar-refractivity contribution >= 4 is 0 Å². The van der Waals surface area contributed by atoms with E-state index in [4.69, 9.17) is 5.26 Å². The van der Waals surface area contributed by atoms with E-state index in [9.17, 15) is 0 Å². The summed E-state index contributed by atoms with van der Waals surface area (Å²) >= 11 is 0. The van der Waals surface area contributed by atoms with Crippen LogP contribution in [0, 0.1) is 11.3 Å². The van der Waals surface area contributed by atoms with Gasteiger partial charge in [-0.2, -0.15) is 10.4 Å². The molecule has 0 saturated heterocycles. The van der Waals surface area contributed by atoms with Crippen LogP contribution in [0.3, 0.4) is 0 Å². The van der Waals surface area contributed by atoms with Gasteiger partial charge in [0.1, 0.15) is 0 Å². The first-order valence-electron chi connectivity index (χ1n) is 6.03. The highest BCUT2D eigenvalue weighted by atomic mass is 15.3. The molecule has 4 nitrogen and oxygen atoms in total. The Balaban J connectivity index is 2.05. The van der Waals surface area contributed by atoms with Crippen molar-refractivity contribution in [2.45, 2.75) is 13.0 Å². The van der Waals surface area contributed by atoms with Gasteiger partial charge in [0.2, 0.25) is 0 Å². The molecule has 90 valence electrons. The molecule has 0 aliphatic carbocycles. The number of likely N-dealkylation sites (N-methyl/N-ethyl adjacent to an activating group) is 1. The highest BCUT2D eigenvalue weighted by Gasteiger charge is 2.18. The monoisotopic (exact) mass is 238 g/mol. The Morgan fingerprint density at radius 1 is 1.39 bits per heavy atom. The number of hydrogen-bond donors (Lipinski definition) is 0. The fraction of sp³-hybridized carbons (Fsp3) is 0.286. The van der Waals surface area contributed by atoms with Crippen molar-refractivity contribution in [2.24, 2.45) is 0 Å². The molecule has 4 heteroatoms. The van der Waals surface area contributed by atoms with E-state index in [1.807, 2.05) is 35.1 Å². The normalized spacial score (nSPS) is 15.1. The summed E-state index contributed by atoms with van der Waals surface area (Å²) in [5.41, 5.74) is 4.19. The van der Waals surface area contributed by atoms with Crippen LogP contribution in [-0.4, -0.2) is 28.3 Å². The van der Waals surface area contributed by atoms with Crippen LogP contribution in [0.1, 0.15) is 16.8 Å². The topological polar surface area (TPSA) is 44.9 Å². The number of nitriles is 1. The van der Waals surface area contributed by atoms with E-state index in [1.54, 1.807) is 0 Å². The van der Waals surface area contributed by atoms with Gasteiger partial charge in [-0.3, -0.25) is 0 Å². The predicted molar refractivity (Wildman–Crippen MR) is 68.3 cm³/mol. The van der Waals surface area contributed by atoms with Crippen LogP contribution >= 0.6 is 0 Å². The van der Waals surface area contributed by atoms with Crippen molar-refractivity contribution in [3.8, 4) is 11.8 Å². The van der Waals surface area contributed by atoms with E-state index in [0.717, 1.165) is 25.2 Å². The van der Waals surface area contributed by atoms with Gasteiger partial charge in [0.25, 0.3) is 0 Å². The first kappa shape index (κ1) is 11.0. The van der Waals surface area contributed by atoms with Crippen LogP contribution < -0.4 is 0 Å². The maximum absolute atomic E-state index is 8.95. The van der Waals surface area contributed by atoms with Crippen LogP contribution in [0.4, 0.5) is 0 Å². The zero-order valence-corrected chi connectivity index (χ0v) is 10.3. The number of benzene rings is 1. The zero-order valence-electron chi connectivity index (χ0n) is 10.3. The molecule has 3 rings (SSSR count). The van der Waals surface area contributed by atoms with Gasteiger partial charge >= 0.3 is 0 Å². The van der Waals surface area contributed by atoms with E-state index in [-0.39, 0.29) is 0 Å². The van der Waals surface area contributed by atoms with Crippen molar-refractivity contribution in [3.63, 3.8) is 0 Å². The molecule has 0 bridgehead atoms. The molecule has 0 atom stereocenters. The molecule has 0 amide bonds. The molecule has 1 aliphatic rings. The standard InChI is InChI=1S/C14H14N4/c1-17-6-5-14-12(10-17)9-16-18(14)13-4-2-3-11(7-13)8-15/h2-4,7,9H,5-6,10H2,1H3. The third kappa shape index (κ3) is 1.79. The Morgan fingerprint density at radius 3 is 3.11 bits per heavy atom. The SMILES string of the molecule is CN1CCc2c(cnn2-c2cccc(C#N)c2)C1. The molecule has 1 aromatic carbocycles. The molecule has 0 unspecified atom stereocenters. The smallest absolute Gasteiger partial charge is 0.0992 e. The summed E-state index contributed by atoms with van der Waals surface area (Å²) in [7, 11) is 2.12. The zero-order chi connectivity index (χ0) is 12.5. The van der Waals surface area contributed by atoms with Crippen molar-refractivity contribution in [1.82, 2.24) is 14.7 Å². The first-order chi connectivity index (χ1) is 8.78. The lowest BCUT2D eigenvalue weighted by Gasteiger charge is -2.22. The van der Waals surface area contributed by atoms with Gasteiger partial charge in [-0.25, -0.2) is 4.68 Å². The number of hydrogen-bond acceptors (Lipinski definition) is 3. The van der Waals surface area contributed by atoms with Gasteiger partial charge in [0, 0.05) is 30.8 Å². The second-order valence-corrected chi connectivity index (χ2v) is 4.68. The predicted octanol–water partition coefficient (Wildman–Crippen LogP) is 1.73. The first-order valence-corrected chi connectivity index (χ1v) is 6.03. The Kier molecular flexibility index (Phi) is 2.62. The van der Waals surface area contributed by atoms with Gasteiger partial charge in [0.05, 0.1) is 23.5 Å². The summed E-state index contributed by atoms with van der Waals surface area (Å²) in [5.74, 6) is 0. The van der Waals surface area contributed by atoms with E-state index in [2.05, 4.69) is 23.1 Å². The Hall–Kier alpha value is -2.12. The lowest BCUT2D eigenvalue weighted by molar-refractivity contribution is 0.310. The number of nitrogens with zero attached hydrogens (tertiary/aromatic N) is 4. The minimum absolute atomic E-state index is 0.671. The molecular weight excluding hydrogens is 224 g/mol. The molecule has 2 heterocycles. The van der Waals surface area contributed by atoms with E-state index in [1.165, 1.54) is 11.3 Å². The fourth-order valence-corrected chi connectivity index (χ4v) is 2.40. The van der Waals surface area contributed by atoms with Crippen molar-refractivity contribution in [1.29, 1.82) is 5.26 Å². The fourth-order valence-electron chi connectivity index (χ4n) is 2.40. The molecule has 0 N–H and O–H groups in total. The number of aromatic nitrogens is 2. The summed E-state index contributed by atoms with van der Waals surface area (Å²) in [6.07, 6.45) is 2.94. The average molecular weight is 238 g/mol. The van der Waals surface area contributed by atoms with E-state index in [0.29, 0.717) is 5.56 Å². The summed E-state index contributed by atoms with van der Waals surface area (Å²) < 4.78 is 1.96. The van der Waals surface area contributed by atoms with Crippen molar-refractivity contribution in [2.75, 3.05) is 13.6 Å². The molecule has 0 fully saturated rings. The largest absolute Gasteiger partial charge is 0.302 e. The summed E-state index contributed by atoms with van der Waals surface area (Å²) in [6.45, 7) is 2.00. The van der Waals surface area contributed by atoms with Crippen LogP contribution in [0.25, 0.3) is 5.69 Å². The highest BCUT2D eigenvalue weighted by Crippen LogP contribution is 2.21. The van der Waals surface area contributed by atoms with Crippen LogP contribution in [0.2, 0.25) is 0 Å². The second kappa shape index (κ2) is 4.28. The highest BCUT2D eigenvalue weighted by molar-refractivity contribution is 5.42. The summed E-state index contributed by atoms with van der Waals surface area (Å²) in [5, 5.41) is 13.4. The molecule has 1 aliphatic heterocycles. The van der Waals surface area contributed by atoms with Crippen molar-refractivity contribution in [3.05, 3.63) is 47.3 Å². The van der Waals surface area contributed by atoms with Gasteiger partial charge < -0.3 is 4.90 Å². The maximum atomic E-state index is 8.95. The minimum Gasteiger partial charge on any atom is -0.302 e. The summed E-state index contributed by atoms with van der Waals surface area (Å²) in [6, 6.07) is 9.75. The second-order valence-electron chi connectivity index (χ2n) is 4.68. The minimum atomic E-state index is 0.671. The maximum Gasteiger partial charge on any atom is 0.0992 e. The molecule has 18 heavy (non-hydrogen) atoms. The molecular formula is C14H14N4. The Morgan fingerprint density at radius 2 is 2.28 bits per heavy atom. The van der Waals surface area contributed by atoms with E-state index >= 15 is 0 Å². The Labute approximate surface area is 106 Å². The third-order valence-corrected chi connectivity index (χ3v) is 3.35. The number of rotatable bonds is 1. The molecule has 1 aromatic heterocycles. The van der Waals surface area contributed by atoms with Gasteiger partial charge in [0.15, 0.2) is 0 Å². The number of fused-ring (bicyclic) bond motifs is 1.